The van der Waals surface area contributed by atoms with Crippen LogP contribution in [0.5, 0.6) is 0 Å². The average Bonchev–Trinajstić information content (AvgIpc) is 2.14. The third-order valence-corrected chi connectivity index (χ3v) is 2.48. The van der Waals surface area contributed by atoms with Crippen LogP contribution in [-0.4, -0.2) is 12.3 Å². The van der Waals surface area contributed by atoms with Gasteiger partial charge in [0.25, 0.3) is 5.76 Å². The highest BCUT2D eigenvalue weighted by Crippen LogP contribution is 2.27. The summed E-state index contributed by atoms with van der Waals surface area (Å²) in [5.74, 6) is -1.82. The molecule has 0 amide bonds. The molecule has 0 aliphatic rings. The molecule has 1 nitrogen and oxygen atoms in total. The van der Waals surface area contributed by atoms with Gasteiger partial charge in [0.1, 0.15) is 0 Å². The zero-order valence-corrected chi connectivity index (χ0v) is 9.65. The van der Waals surface area contributed by atoms with E-state index in [2.05, 4.69) is 19.2 Å². The van der Waals surface area contributed by atoms with Crippen molar-refractivity contribution in [1.82, 2.24) is 0 Å². The van der Waals surface area contributed by atoms with Crippen molar-refractivity contribution in [2.45, 2.75) is 24.5 Å². The maximum Gasteiger partial charge on any atom is 0.288 e. The molecule has 15 heavy (non-hydrogen) atoms. The second-order valence-electron chi connectivity index (χ2n) is 3.68. The highest BCUT2D eigenvalue weighted by Gasteiger charge is 2.05. The molecule has 0 radical (unpaired) electrons. The van der Waals surface area contributed by atoms with E-state index in [4.69, 9.17) is 0 Å². The summed E-state index contributed by atoms with van der Waals surface area (Å²) in [7, 11) is 0. The summed E-state index contributed by atoms with van der Waals surface area (Å²) in [6.45, 7) is 5.05. The lowest BCUT2D eigenvalue weighted by molar-refractivity contribution is 0.252. The zero-order chi connectivity index (χ0) is 11.3. The van der Waals surface area contributed by atoms with Crippen LogP contribution in [0.15, 0.2) is 29.2 Å². The maximum atomic E-state index is 12.1. The molecule has 0 fully saturated rings. The lowest BCUT2D eigenvalue weighted by Crippen LogP contribution is -2.07. The molecule has 0 aliphatic heterocycles. The molecule has 0 saturated heterocycles. The summed E-state index contributed by atoms with van der Waals surface area (Å²) in [6, 6.07) is 7.11. The molecule has 1 rings (SSSR count). The number of rotatable bonds is 5. The Morgan fingerprint density at radius 1 is 1.33 bits per heavy atom. The molecular weight excluding hydrogens is 216 g/mol. The molecule has 84 valence electrons. The molecular formula is C11H15F2NS. The van der Waals surface area contributed by atoms with Crippen LogP contribution in [0.1, 0.15) is 13.8 Å². The van der Waals surface area contributed by atoms with E-state index in [0.29, 0.717) is 22.6 Å². The van der Waals surface area contributed by atoms with Gasteiger partial charge >= 0.3 is 0 Å². The predicted octanol–water partition coefficient (Wildman–Crippen LogP) is 4.07. The summed E-state index contributed by atoms with van der Waals surface area (Å²) in [5.41, 5.74) is 0.898. The number of alkyl halides is 2. The first kappa shape index (κ1) is 12.3. The Bertz CT molecular complexity index is 302. The van der Waals surface area contributed by atoms with E-state index >= 15 is 0 Å². The van der Waals surface area contributed by atoms with Crippen LogP contribution in [-0.2, 0) is 0 Å². The van der Waals surface area contributed by atoms with Gasteiger partial charge in [-0.3, -0.25) is 0 Å². The van der Waals surface area contributed by atoms with Crippen LogP contribution >= 0.6 is 11.8 Å². The third-order valence-electron chi connectivity index (χ3n) is 1.77. The van der Waals surface area contributed by atoms with Crippen LogP contribution < -0.4 is 5.32 Å². The van der Waals surface area contributed by atoms with Crippen LogP contribution in [0.25, 0.3) is 0 Å². The zero-order valence-electron chi connectivity index (χ0n) is 8.84. The Labute approximate surface area is 93.3 Å². The predicted molar refractivity (Wildman–Crippen MR) is 61.6 cm³/mol. The van der Waals surface area contributed by atoms with E-state index in [-0.39, 0.29) is 0 Å². The van der Waals surface area contributed by atoms with Gasteiger partial charge in [0.15, 0.2) is 0 Å². The Kier molecular flexibility index (Phi) is 4.88. The van der Waals surface area contributed by atoms with Gasteiger partial charge in [0.2, 0.25) is 0 Å². The summed E-state index contributed by atoms with van der Waals surface area (Å²) < 4.78 is 24.2. The maximum absolute atomic E-state index is 12.1. The Balaban J connectivity index is 2.57. The van der Waals surface area contributed by atoms with Gasteiger partial charge in [-0.25, -0.2) is 0 Å². The van der Waals surface area contributed by atoms with E-state index in [9.17, 15) is 8.78 Å². The number of hydrogen-bond donors (Lipinski definition) is 1. The number of anilines is 1. The topological polar surface area (TPSA) is 12.0 Å². The van der Waals surface area contributed by atoms with Gasteiger partial charge in [0.05, 0.1) is 0 Å². The molecule has 1 aromatic rings. The third kappa shape index (κ3) is 5.02. The fourth-order valence-corrected chi connectivity index (χ4v) is 1.66. The van der Waals surface area contributed by atoms with Gasteiger partial charge in [-0.15, -0.1) is 0 Å². The highest BCUT2D eigenvalue weighted by atomic mass is 32.2. The van der Waals surface area contributed by atoms with E-state index in [0.717, 1.165) is 12.2 Å². The molecule has 0 unspecified atom stereocenters. The summed E-state index contributed by atoms with van der Waals surface area (Å²) in [4.78, 5) is 0.596. The fraction of sp³-hybridized carbons (Fsp3) is 0.455. The Morgan fingerprint density at radius 3 is 2.67 bits per heavy atom. The molecule has 0 atom stereocenters. The standard InChI is InChI=1S/C11H15F2NS/c1-8(2)7-14-9-4-3-5-10(6-9)15-11(12)13/h3-6,8,11,14H,7H2,1-2H3. The summed E-state index contributed by atoms with van der Waals surface area (Å²) in [5, 5.41) is 3.20. The lowest BCUT2D eigenvalue weighted by atomic mass is 10.2. The van der Waals surface area contributed by atoms with Crippen molar-refractivity contribution >= 4 is 17.4 Å². The minimum absolute atomic E-state index is 0.538. The van der Waals surface area contributed by atoms with E-state index in [1.807, 2.05) is 6.07 Å². The van der Waals surface area contributed by atoms with Crippen molar-refractivity contribution in [3.63, 3.8) is 0 Å². The molecule has 0 aliphatic carbocycles. The van der Waals surface area contributed by atoms with Crippen LogP contribution in [0, 0.1) is 5.92 Å². The molecule has 1 N–H and O–H groups in total. The number of thioether (sulfide) groups is 1. The fourth-order valence-electron chi connectivity index (χ4n) is 1.10. The SMILES string of the molecule is CC(C)CNc1cccc(SC(F)F)c1. The minimum Gasteiger partial charge on any atom is -0.385 e. The van der Waals surface area contributed by atoms with Gasteiger partial charge in [-0.1, -0.05) is 31.7 Å². The molecule has 0 spiro atoms. The van der Waals surface area contributed by atoms with Crippen molar-refractivity contribution in [2.75, 3.05) is 11.9 Å². The Hall–Kier alpha value is -0.770. The van der Waals surface area contributed by atoms with Crippen LogP contribution in [0.2, 0.25) is 0 Å². The van der Waals surface area contributed by atoms with Gasteiger partial charge in [-0.2, -0.15) is 8.78 Å². The summed E-state index contributed by atoms with van der Waals surface area (Å²) >= 11 is 0.574. The molecule has 0 aromatic heterocycles. The first-order valence-corrected chi connectivity index (χ1v) is 5.74. The molecule has 4 heteroatoms. The second kappa shape index (κ2) is 5.95. The monoisotopic (exact) mass is 231 g/mol. The lowest BCUT2D eigenvalue weighted by Gasteiger charge is -2.09. The quantitative estimate of drug-likeness (QED) is 0.767. The number of halogens is 2. The van der Waals surface area contributed by atoms with E-state index in [1.54, 1.807) is 18.2 Å². The molecule has 0 bridgehead atoms. The second-order valence-corrected chi connectivity index (χ2v) is 4.74. The number of hydrogen-bond acceptors (Lipinski definition) is 2. The Morgan fingerprint density at radius 2 is 2.07 bits per heavy atom. The number of benzene rings is 1. The van der Waals surface area contributed by atoms with Crippen LogP contribution in [0.4, 0.5) is 14.5 Å². The van der Waals surface area contributed by atoms with Crippen LogP contribution in [0.3, 0.4) is 0 Å². The van der Waals surface area contributed by atoms with Gasteiger partial charge < -0.3 is 5.32 Å². The van der Waals surface area contributed by atoms with Crippen molar-refractivity contribution in [2.24, 2.45) is 5.92 Å². The number of nitrogens with one attached hydrogen (secondary N) is 1. The van der Waals surface area contributed by atoms with Crippen molar-refractivity contribution in [3.8, 4) is 0 Å². The molecule has 0 heterocycles. The van der Waals surface area contributed by atoms with Crippen molar-refractivity contribution in [1.29, 1.82) is 0 Å². The normalized spacial score (nSPS) is 11.1. The van der Waals surface area contributed by atoms with Crippen molar-refractivity contribution < 1.29 is 8.78 Å². The molecule has 1 aromatic carbocycles. The smallest absolute Gasteiger partial charge is 0.288 e. The average molecular weight is 231 g/mol. The van der Waals surface area contributed by atoms with Gasteiger partial charge in [-0.05, 0) is 24.1 Å². The first-order chi connectivity index (χ1) is 7.08. The van der Waals surface area contributed by atoms with Crippen molar-refractivity contribution in [3.05, 3.63) is 24.3 Å². The van der Waals surface area contributed by atoms with Gasteiger partial charge in [0, 0.05) is 17.1 Å². The largest absolute Gasteiger partial charge is 0.385 e. The highest BCUT2D eigenvalue weighted by molar-refractivity contribution is 7.99. The van der Waals surface area contributed by atoms with E-state index < -0.39 is 5.76 Å². The van der Waals surface area contributed by atoms with E-state index in [1.165, 1.54) is 0 Å². The molecule has 0 saturated carbocycles. The minimum atomic E-state index is -2.36. The summed E-state index contributed by atoms with van der Waals surface area (Å²) in [6.07, 6.45) is 0. The first-order valence-electron chi connectivity index (χ1n) is 4.86.